The number of carboxylic acid groups (broad SMARTS) is 1. The van der Waals surface area contributed by atoms with Crippen molar-refractivity contribution in [3.8, 4) is 0 Å². The second-order valence-corrected chi connectivity index (χ2v) is 8.72. The van der Waals surface area contributed by atoms with E-state index in [-0.39, 0.29) is 16.2 Å². The normalized spacial score (nSPS) is 11.5. The van der Waals surface area contributed by atoms with Crippen LogP contribution in [0.5, 0.6) is 0 Å². The van der Waals surface area contributed by atoms with Crippen LogP contribution in [0.1, 0.15) is 15.4 Å². The van der Waals surface area contributed by atoms with Crippen molar-refractivity contribution in [2.75, 3.05) is 11.5 Å². The third-order valence-corrected chi connectivity index (χ3v) is 6.51. The topological polar surface area (TPSA) is 97.2 Å². The summed E-state index contributed by atoms with van der Waals surface area (Å²) in [5.74, 6) is -0.749. The first-order chi connectivity index (χ1) is 9.88. The Kier molecular flexibility index (Phi) is 4.96. The zero-order chi connectivity index (χ0) is 15.5. The van der Waals surface area contributed by atoms with Gasteiger partial charge in [0.25, 0.3) is 0 Å². The van der Waals surface area contributed by atoms with E-state index in [0.717, 1.165) is 9.35 Å². The quantitative estimate of drug-likeness (QED) is 0.801. The van der Waals surface area contributed by atoms with Crippen molar-refractivity contribution < 1.29 is 18.3 Å². The summed E-state index contributed by atoms with van der Waals surface area (Å²) in [5, 5.41) is 17.4. The standard InChI is InChI=1S/C12H12N2O4S3/c1-8-13-14-12(20-8)19-6-7-21(17,18)10-4-2-9(3-5-10)11(15)16/h2-5H,6-7H2,1H3,(H,15,16). The zero-order valence-corrected chi connectivity index (χ0v) is 13.5. The van der Waals surface area contributed by atoms with Crippen LogP contribution in [0, 0.1) is 6.92 Å². The van der Waals surface area contributed by atoms with E-state index in [9.17, 15) is 13.2 Å². The first kappa shape index (κ1) is 15.9. The smallest absolute Gasteiger partial charge is 0.335 e. The summed E-state index contributed by atoms with van der Waals surface area (Å²) in [6.45, 7) is 1.84. The van der Waals surface area contributed by atoms with Gasteiger partial charge in [0.05, 0.1) is 16.2 Å². The van der Waals surface area contributed by atoms with Crippen LogP contribution in [-0.4, -0.2) is 41.2 Å². The summed E-state index contributed by atoms with van der Waals surface area (Å²) in [4.78, 5) is 10.9. The summed E-state index contributed by atoms with van der Waals surface area (Å²) in [6.07, 6.45) is 0. The third kappa shape index (κ3) is 4.26. The number of aryl methyl sites for hydroxylation is 1. The molecule has 0 unspecified atom stereocenters. The predicted molar refractivity (Wildman–Crippen MR) is 80.8 cm³/mol. The van der Waals surface area contributed by atoms with Gasteiger partial charge in [-0.1, -0.05) is 23.1 Å². The molecular formula is C12H12N2O4S3. The molecule has 9 heteroatoms. The largest absolute Gasteiger partial charge is 0.478 e. The Hall–Kier alpha value is -1.45. The van der Waals surface area contributed by atoms with Gasteiger partial charge >= 0.3 is 5.97 Å². The maximum Gasteiger partial charge on any atom is 0.335 e. The molecule has 1 heterocycles. The number of aromatic carboxylic acids is 1. The molecule has 1 N–H and O–H groups in total. The van der Waals surface area contributed by atoms with Gasteiger partial charge in [-0.25, -0.2) is 13.2 Å². The number of rotatable bonds is 6. The van der Waals surface area contributed by atoms with Gasteiger partial charge < -0.3 is 5.11 Å². The van der Waals surface area contributed by atoms with Gasteiger partial charge in [-0.2, -0.15) is 0 Å². The van der Waals surface area contributed by atoms with Gasteiger partial charge in [-0.3, -0.25) is 0 Å². The Morgan fingerprint density at radius 1 is 1.29 bits per heavy atom. The molecule has 0 aliphatic heterocycles. The number of aromatic nitrogens is 2. The van der Waals surface area contributed by atoms with Crippen LogP contribution in [-0.2, 0) is 9.84 Å². The molecule has 1 aromatic heterocycles. The van der Waals surface area contributed by atoms with E-state index < -0.39 is 15.8 Å². The molecule has 0 atom stereocenters. The van der Waals surface area contributed by atoms with Crippen molar-refractivity contribution in [1.29, 1.82) is 0 Å². The fraction of sp³-hybridized carbons (Fsp3) is 0.250. The van der Waals surface area contributed by atoms with E-state index in [4.69, 9.17) is 5.11 Å². The number of carboxylic acids is 1. The van der Waals surface area contributed by atoms with Gasteiger partial charge in [0.1, 0.15) is 5.01 Å². The van der Waals surface area contributed by atoms with Gasteiger partial charge in [0.15, 0.2) is 14.2 Å². The maximum atomic E-state index is 12.1. The Morgan fingerprint density at radius 3 is 2.48 bits per heavy atom. The van der Waals surface area contributed by atoms with Crippen molar-refractivity contribution in [3.63, 3.8) is 0 Å². The Morgan fingerprint density at radius 2 is 1.95 bits per heavy atom. The number of hydrogen-bond donors (Lipinski definition) is 1. The lowest BCUT2D eigenvalue weighted by molar-refractivity contribution is 0.0696. The van der Waals surface area contributed by atoms with Crippen LogP contribution < -0.4 is 0 Å². The van der Waals surface area contributed by atoms with Crippen molar-refractivity contribution in [1.82, 2.24) is 10.2 Å². The second kappa shape index (κ2) is 6.54. The minimum atomic E-state index is -3.42. The molecule has 6 nitrogen and oxygen atoms in total. The maximum absolute atomic E-state index is 12.1. The lowest BCUT2D eigenvalue weighted by Crippen LogP contribution is -2.09. The molecule has 21 heavy (non-hydrogen) atoms. The van der Waals surface area contributed by atoms with E-state index in [2.05, 4.69) is 10.2 Å². The molecule has 0 fully saturated rings. The molecule has 0 saturated carbocycles. The minimum absolute atomic E-state index is 0.0390. The van der Waals surface area contributed by atoms with Crippen LogP contribution in [0.25, 0.3) is 0 Å². The summed E-state index contributed by atoms with van der Waals surface area (Å²) >= 11 is 2.76. The van der Waals surface area contributed by atoms with E-state index in [0.29, 0.717) is 5.75 Å². The number of nitrogens with zero attached hydrogens (tertiary/aromatic N) is 2. The highest BCUT2D eigenvalue weighted by atomic mass is 32.2. The minimum Gasteiger partial charge on any atom is -0.478 e. The van der Waals surface area contributed by atoms with Gasteiger partial charge in [0, 0.05) is 5.75 Å². The highest BCUT2D eigenvalue weighted by molar-refractivity contribution is 8.02. The average Bonchev–Trinajstić information content (AvgIpc) is 2.84. The monoisotopic (exact) mass is 344 g/mol. The summed E-state index contributed by atoms with van der Waals surface area (Å²) < 4.78 is 25.0. The fourth-order valence-corrected chi connectivity index (χ4v) is 5.03. The highest BCUT2D eigenvalue weighted by Gasteiger charge is 2.15. The van der Waals surface area contributed by atoms with Gasteiger partial charge in [-0.05, 0) is 31.2 Å². The SMILES string of the molecule is Cc1nnc(SCCS(=O)(=O)c2ccc(C(=O)O)cc2)s1. The average molecular weight is 344 g/mol. The Labute approximate surface area is 130 Å². The van der Waals surface area contributed by atoms with E-state index in [1.807, 2.05) is 6.92 Å². The highest BCUT2D eigenvalue weighted by Crippen LogP contribution is 2.23. The number of sulfone groups is 1. The van der Waals surface area contributed by atoms with Crippen LogP contribution in [0.15, 0.2) is 33.5 Å². The lowest BCUT2D eigenvalue weighted by atomic mass is 10.2. The second-order valence-electron chi connectivity index (χ2n) is 4.08. The summed E-state index contributed by atoms with van der Waals surface area (Å²) in [7, 11) is -3.42. The van der Waals surface area contributed by atoms with Crippen LogP contribution >= 0.6 is 23.1 Å². The molecule has 1 aromatic carbocycles. The predicted octanol–water partition coefficient (Wildman–Crippen LogP) is 2.11. The Balaban J connectivity index is 1.99. The number of benzene rings is 1. The van der Waals surface area contributed by atoms with E-state index in [1.165, 1.54) is 47.4 Å². The molecule has 0 radical (unpaired) electrons. The van der Waals surface area contributed by atoms with Gasteiger partial charge in [-0.15, -0.1) is 10.2 Å². The van der Waals surface area contributed by atoms with Crippen LogP contribution in [0.3, 0.4) is 0 Å². The first-order valence-corrected chi connectivity index (χ1v) is 9.33. The van der Waals surface area contributed by atoms with Crippen LogP contribution in [0.2, 0.25) is 0 Å². The van der Waals surface area contributed by atoms with Crippen molar-refractivity contribution in [2.24, 2.45) is 0 Å². The number of thioether (sulfide) groups is 1. The fourth-order valence-electron chi connectivity index (χ4n) is 1.50. The number of carbonyl (C=O) groups is 1. The van der Waals surface area contributed by atoms with Crippen molar-refractivity contribution >= 4 is 38.9 Å². The lowest BCUT2D eigenvalue weighted by Gasteiger charge is -2.04. The Bertz CT molecular complexity index is 738. The molecule has 0 bridgehead atoms. The van der Waals surface area contributed by atoms with E-state index in [1.54, 1.807) is 0 Å². The molecule has 2 rings (SSSR count). The molecule has 0 spiro atoms. The number of hydrogen-bond acceptors (Lipinski definition) is 7. The molecule has 0 saturated heterocycles. The molecule has 2 aromatic rings. The molecule has 0 aliphatic rings. The summed E-state index contributed by atoms with van der Waals surface area (Å²) in [5.41, 5.74) is 0.0626. The van der Waals surface area contributed by atoms with E-state index >= 15 is 0 Å². The van der Waals surface area contributed by atoms with Gasteiger partial charge in [0.2, 0.25) is 0 Å². The molecule has 112 valence electrons. The molecular weight excluding hydrogens is 332 g/mol. The van der Waals surface area contributed by atoms with Crippen molar-refractivity contribution in [3.05, 3.63) is 34.8 Å². The first-order valence-electron chi connectivity index (χ1n) is 5.87. The van der Waals surface area contributed by atoms with Crippen molar-refractivity contribution in [2.45, 2.75) is 16.2 Å². The zero-order valence-electron chi connectivity index (χ0n) is 11.0. The summed E-state index contributed by atoms with van der Waals surface area (Å²) in [6, 6.07) is 5.21. The molecule has 0 amide bonds. The third-order valence-electron chi connectivity index (χ3n) is 2.55. The van der Waals surface area contributed by atoms with Crippen LogP contribution in [0.4, 0.5) is 0 Å². The molecule has 0 aliphatic carbocycles.